The highest BCUT2D eigenvalue weighted by molar-refractivity contribution is 7.99. The number of hydrogen-bond donors (Lipinski definition) is 0. The van der Waals surface area contributed by atoms with E-state index in [1.54, 1.807) is 0 Å². The van der Waals surface area contributed by atoms with E-state index in [0.717, 1.165) is 56.0 Å². The number of hydrogen-bond acceptors (Lipinski definition) is 4. The van der Waals surface area contributed by atoms with Gasteiger partial charge in [0, 0.05) is 42.7 Å². The van der Waals surface area contributed by atoms with Crippen LogP contribution in [0.15, 0.2) is 36.5 Å². The van der Waals surface area contributed by atoms with Gasteiger partial charge in [0.1, 0.15) is 0 Å². The lowest BCUT2D eigenvalue weighted by molar-refractivity contribution is -0.135. The van der Waals surface area contributed by atoms with E-state index >= 15 is 0 Å². The first-order valence-corrected chi connectivity index (χ1v) is 9.91. The predicted molar refractivity (Wildman–Crippen MR) is 99.1 cm³/mol. The number of fused-ring (bicyclic) bond motifs is 1. The molecule has 126 valence electrons. The molecule has 0 aliphatic carbocycles. The van der Waals surface area contributed by atoms with E-state index in [0.29, 0.717) is 5.91 Å². The molecule has 1 aromatic heterocycles. The fraction of sp³-hybridized carbons (Fsp3) is 0.474. The highest BCUT2D eigenvalue weighted by Crippen LogP contribution is 2.25. The van der Waals surface area contributed by atoms with Crippen molar-refractivity contribution in [3.8, 4) is 0 Å². The van der Waals surface area contributed by atoms with Crippen LogP contribution in [0, 0.1) is 0 Å². The maximum absolute atomic E-state index is 12.9. The SMILES string of the molecule is O=C([C@@H]1CCCN1Cc1cccc2cccnc12)N1CCSCC1. The summed E-state index contributed by atoms with van der Waals surface area (Å²) in [5.41, 5.74) is 2.29. The number of benzene rings is 1. The first-order chi connectivity index (χ1) is 11.8. The summed E-state index contributed by atoms with van der Waals surface area (Å²) in [7, 11) is 0. The number of nitrogens with zero attached hydrogens (tertiary/aromatic N) is 3. The van der Waals surface area contributed by atoms with Crippen molar-refractivity contribution in [2.24, 2.45) is 0 Å². The van der Waals surface area contributed by atoms with Crippen molar-refractivity contribution in [2.75, 3.05) is 31.1 Å². The van der Waals surface area contributed by atoms with Crippen molar-refractivity contribution >= 4 is 28.6 Å². The average molecular weight is 341 g/mol. The van der Waals surface area contributed by atoms with Crippen molar-refractivity contribution in [1.82, 2.24) is 14.8 Å². The molecule has 0 N–H and O–H groups in total. The molecule has 0 bridgehead atoms. The van der Waals surface area contributed by atoms with E-state index < -0.39 is 0 Å². The van der Waals surface area contributed by atoms with Gasteiger partial charge >= 0.3 is 0 Å². The molecule has 0 spiro atoms. The van der Waals surface area contributed by atoms with Crippen LogP contribution in [0.4, 0.5) is 0 Å². The zero-order valence-electron chi connectivity index (χ0n) is 13.9. The summed E-state index contributed by atoms with van der Waals surface area (Å²) < 4.78 is 0. The highest BCUT2D eigenvalue weighted by atomic mass is 32.2. The molecule has 0 unspecified atom stereocenters. The second kappa shape index (κ2) is 7.11. The molecule has 24 heavy (non-hydrogen) atoms. The first-order valence-electron chi connectivity index (χ1n) is 8.76. The smallest absolute Gasteiger partial charge is 0.239 e. The quantitative estimate of drug-likeness (QED) is 0.860. The van der Waals surface area contributed by atoms with Crippen LogP contribution in [-0.2, 0) is 11.3 Å². The van der Waals surface area contributed by atoms with Crippen LogP contribution in [0.5, 0.6) is 0 Å². The number of para-hydroxylation sites is 1. The molecule has 1 aromatic carbocycles. The van der Waals surface area contributed by atoms with Crippen LogP contribution in [0.2, 0.25) is 0 Å². The first kappa shape index (κ1) is 15.9. The standard InChI is InChI=1S/C19H23N3OS/c23-19(21-10-12-24-13-11-21)17-7-3-9-22(17)14-16-5-1-4-15-6-2-8-20-18(15)16/h1-2,4-6,8,17H,3,7,9-14H2/t17-/m0/s1. The normalized spacial score (nSPS) is 22.2. The molecule has 2 aliphatic rings. The summed E-state index contributed by atoms with van der Waals surface area (Å²) in [6.45, 7) is 3.63. The number of carbonyl (C=O) groups excluding carboxylic acids is 1. The van der Waals surface area contributed by atoms with Gasteiger partial charge in [-0.1, -0.05) is 24.3 Å². The predicted octanol–water partition coefficient (Wildman–Crippen LogP) is 2.77. The maximum atomic E-state index is 12.9. The lowest BCUT2D eigenvalue weighted by atomic mass is 10.1. The fourth-order valence-corrected chi connectivity index (χ4v) is 4.71. The maximum Gasteiger partial charge on any atom is 0.239 e. The number of carbonyl (C=O) groups is 1. The minimum Gasteiger partial charge on any atom is -0.340 e. The average Bonchev–Trinajstić information content (AvgIpc) is 3.10. The zero-order valence-corrected chi connectivity index (χ0v) is 14.7. The molecule has 2 fully saturated rings. The Morgan fingerprint density at radius 2 is 2.00 bits per heavy atom. The van der Waals surface area contributed by atoms with Gasteiger partial charge in [0.05, 0.1) is 11.6 Å². The number of pyridine rings is 1. The molecular formula is C19H23N3OS. The molecule has 5 heteroatoms. The van der Waals surface area contributed by atoms with Crippen molar-refractivity contribution in [2.45, 2.75) is 25.4 Å². The van der Waals surface area contributed by atoms with Gasteiger partial charge in [-0.05, 0) is 31.0 Å². The molecule has 1 atom stereocenters. The van der Waals surface area contributed by atoms with E-state index in [-0.39, 0.29) is 6.04 Å². The molecular weight excluding hydrogens is 318 g/mol. The number of thioether (sulfide) groups is 1. The Morgan fingerprint density at radius 3 is 2.88 bits per heavy atom. The summed E-state index contributed by atoms with van der Waals surface area (Å²) in [5, 5.41) is 1.17. The minimum absolute atomic E-state index is 0.0482. The Balaban J connectivity index is 1.53. The third-order valence-electron chi connectivity index (χ3n) is 5.06. The molecule has 4 rings (SSSR count). The number of rotatable bonds is 3. The van der Waals surface area contributed by atoms with Crippen LogP contribution >= 0.6 is 11.8 Å². The van der Waals surface area contributed by atoms with E-state index in [2.05, 4.69) is 39.0 Å². The van der Waals surface area contributed by atoms with Crippen molar-refractivity contribution in [1.29, 1.82) is 0 Å². The van der Waals surface area contributed by atoms with Gasteiger partial charge in [-0.15, -0.1) is 0 Å². The Kier molecular flexibility index (Phi) is 4.72. The van der Waals surface area contributed by atoms with Crippen molar-refractivity contribution in [3.05, 3.63) is 42.1 Å². The molecule has 1 amide bonds. The summed E-state index contributed by atoms with van der Waals surface area (Å²) in [5.74, 6) is 2.48. The molecule has 2 aromatic rings. The Hall–Kier alpha value is -1.59. The third kappa shape index (κ3) is 3.15. The second-order valence-electron chi connectivity index (χ2n) is 6.56. The molecule has 0 saturated carbocycles. The monoisotopic (exact) mass is 341 g/mol. The summed E-state index contributed by atoms with van der Waals surface area (Å²) in [4.78, 5) is 21.9. The van der Waals surface area contributed by atoms with Crippen molar-refractivity contribution < 1.29 is 4.79 Å². The van der Waals surface area contributed by atoms with Gasteiger partial charge in [0.2, 0.25) is 5.91 Å². The van der Waals surface area contributed by atoms with E-state index in [1.165, 1.54) is 10.9 Å². The summed E-state index contributed by atoms with van der Waals surface area (Å²) in [6, 6.07) is 10.5. The molecule has 0 radical (unpaired) electrons. The number of aromatic nitrogens is 1. The van der Waals surface area contributed by atoms with Gasteiger partial charge in [0.15, 0.2) is 0 Å². The molecule has 3 heterocycles. The van der Waals surface area contributed by atoms with Gasteiger partial charge in [-0.25, -0.2) is 0 Å². The Morgan fingerprint density at radius 1 is 1.17 bits per heavy atom. The Labute approximate surface area is 147 Å². The van der Waals surface area contributed by atoms with E-state index in [4.69, 9.17) is 0 Å². The Bertz CT molecular complexity index is 724. The molecule has 2 saturated heterocycles. The minimum atomic E-state index is 0.0482. The van der Waals surface area contributed by atoms with Gasteiger partial charge < -0.3 is 4.90 Å². The second-order valence-corrected chi connectivity index (χ2v) is 7.78. The zero-order chi connectivity index (χ0) is 16.4. The van der Waals surface area contributed by atoms with Gasteiger partial charge in [0.25, 0.3) is 0 Å². The number of amides is 1. The highest BCUT2D eigenvalue weighted by Gasteiger charge is 2.34. The largest absolute Gasteiger partial charge is 0.340 e. The van der Waals surface area contributed by atoms with E-state index in [1.807, 2.05) is 24.0 Å². The van der Waals surface area contributed by atoms with Crippen LogP contribution in [-0.4, -0.2) is 57.9 Å². The van der Waals surface area contributed by atoms with Crippen LogP contribution in [0.25, 0.3) is 10.9 Å². The topological polar surface area (TPSA) is 36.4 Å². The number of likely N-dealkylation sites (tertiary alicyclic amines) is 1. The van der Waals surface area contributed by atoms with E-state index in [9.17, 15) is 4.79 Å². The molecule has 2 aliphatic heterocycles. The van der Waals surface area contributed by atoms with Gasteiger partial charge in [-0.2, -0.15) is 11.8 Å². The van der Waals surface area contributed by atoms with Crippen LogP contribution in [0.1, 0.15) is 18.4 Å². The van der Waals surface area contributed by atoms with Gasteiger partial charge in [-0.3, -0.25) is 14.7 Å². The lowest BCUT2D eigenvalue weighted by Crippen LogP contribution is -2.48. The van der Waals surface area contributed by atoms with Crippen molar-refractivity contribution in [3.63, 3.8) is 0 Å². The molecule has 4 nitrogen and oxygen atoms in total. The lowest BCUT2D eigenvalue weighted by Gasteiger charge is -2.32. The van der Waals surface area contributed by atoms with Crippen LogP contribution in [0.3, 0.4) is 0 Å². The van der Waals surface area contributed by atoms with Crippen LogP contribution < -0.4 is 0 Å². The summed E-state index contributed by atoms with van der Waals surface area (Å²) >= 11 is 1.95. The summed E-state index contributed by atoms with van der Waals surface area (Å²) in [6.07, 6.45) is 3.95. The third-order valence-corrected chi connectivity index (χ3v) is 6.00. The fourth-order valence-electron chi connectivity index (χ4n) is 3.80.